The van der Waals surface area contributed by atoms with Gasteiger partial charge in [0, 0.05) is 31.4 Å². The molecule has 226 valence electrons. The highest BCUT2D eigenvalue weighted by molar-refractivity contribution is 5.97. The van der Waals surface area contributed by atoms with Crippen LogP contribution in [0.15, 0.2) is 29.2 Å². The zero-order chi connectivity index (χ0) is 30.9. The summed E-state index contributed by atoms with van der Waals surface area (Å²) < 4.78 is 127. The highest BCUT2D eigenvalue weighted by atomic mass is 19.4. The number of alkyl halides is 5. The van der Waals surface area contributed by atoms with Gasteiger partial charge >= 0.3 is 12.1 Å². The van der Waals surface area contributed by atoms with E-state index in [0.29, 0.717) is 16.8 Å². The summed E-state index contributed by atoms with van der Waals surface area (Å²) in [7, 11) is 0. The lowest BCUT2D eigenvalue weighted by Gasteiger charge is -2.29. The highest BCUT2D eigenvalue weighted by Gasteiger charge is 2.65. The van der Waals surface area contributed by atoms with Crippen molar-refractivity contribution in [3.05, 3.63) is 63.5 Å². The summed E-state index contributed by atoms with van der Waals surface area (Å²) in [5.74, 6) is -15.0. The van der Waals surface area contributed by atoms with Crippen LogP contribution in [0.5, 0.6) is 0 Å². The first-order valence-corrected chi connectivity index (χ1v) is 12.3. The minimum atomic E-state index is -6.07. The molecule has 42 heavy (non-hydrogen) atoms. The molecule has 17 heteroatoms. The van der Waals surface area contributed by atoms with Crippen molar-refractivity contribution in [3.63, 3.8) is 0 Å². The second-order valence-corrected chi connectivity index (χ2v) is 10.1. The summed E-state index contributed by atoms with van der Waals surface area (Å²) in [6.45, 7) is -0.701. The van der Waals surface area contributed by atoms with Crippen molar-refractivity contribution in [1.82, 2.24) is 14.9 Å². The molecule has 2 aromatic heterocycles. The first-order chi connectivity index (χ1) is 19.5. The van der Waals surface area contributed by atoms with Gasteiger partial charge in [-0.15, -0.1) is 0 Å². The Kier molecular flexibility index (Phi) is 7.16. The molecule has 2 fully saturated rings. The fraction of sp³-hybridized carbons (Fsp3) is 0.400. The number of halogens is 9. The number of hydrogen-bond donors (Lipinski definition) is 3. The van der Waals surface area contributed by atoms with Gasteiger partial charge in [0.25, 0.3) is 5.91 Å². The second kappa shape index (κ2) is 10.1. The van der Waals surface area contributed by atoms with Crippen molar-refractivity contribution in [1.29, 1.82) is 0 Å². The number of carbonyl (C=O) groups excluding carboxylic acids is 1. The van der Waals surface area contributed by atoms with E-state index in [9.17, 15) is 54.9 Å². The van der Waals surface area contributed by atoms with Crippen LogP contribution >= 0.6 is 0 Å². The van der Waals surface area contributed by atoms with E-state index in [1.807, 2.05) is 0 Å². The average Bonchev–Trinajstić information content (AvgIpc) is 3.66. The van der Waals surface area contributed by atoms with Crippen LogP contribution < -0.4 is 15.6 Å². The second-order valence-electron chi connectivity index (χ2n) is 10.1. The number of rotatable bonds is 6. The molecule has 0 radical (unpaired) electrons. The molecule has 1 aliphatic heterocycles. The Hall–Kier alpha value is -3.86. The molecule has 1 amide bonds. The number of β-amino-alcohol motifs (C(OH)–C–C–N with tert-alkyl or cyclic N) is 2. The molecular weight excluding hydrogens is 591 g/mol. The Morgan fingerprint density at radius 2 is 1.52 bits per heavy atom. The van der Waals surface area contributed by atoms with Crippen molar-refractivity contribution in [3.8, 4) is 5.69 Å². The van der Waals surface area contributed by atoms with Crippen molar-refractivity contribution in [2.75, 3.05) is 18.0 Å². The monoisotopic (exact) mass is 610 g/mol. The fourth-order valence-corrected chi connectivity index (χ4v) is 4.80. The lowest BCUT2D eigenvalue weighted by Crippen LogP contribution is -2.57. The van der Waals surface area contributed by atoms with Crippen molar-refractivity contribution in [2.24, 2.45) is 5.92 Å². The number of benzene rings is 1. The zero-order valence-corrected chi connectivity index (χ0v) is 20.9. The van der Waals surface area contributed by atoms with Crippen LogP contribution in [-0.2, 0) is 0 Å². The van der Waals surface area contributed by atoms with E-state index in [1.54, 1.807) is 0 Å². The van der Waals surface area contributed by atoms with Crippen LogP contribution in [0.1, 0.15) is 23.2 Å². The number of hydrogen-bond acceptors (Lipinski definition) is 6. The molecule has 8 nitrogen and oxygen atoms in total. The van der Waals surface area contributed by atoms with Crippen molar-refractivity contribution >= 4 is 22.8 Å². The molecular formula is C25H19F9N4O4. The number of fused-ring (bicyclic) bond motifs is 1. The predicted molar refractivity (Wildman–Crippen MR) is 126 cm³/mol. The lowest BCUT2D eigenvalue weighted by atomic mass is 10.0. The topological polar surface area (TPSA) is 108 Å². The van der Waals surface area contributed by atoms with Crippen LogP contribution in [0.25, 0.3) is 16.7 Å². The van der Waals surface area contributed by atoms with Gasteiger partial charge in [0.2, 0.25) is 5.43 Å². The minimum Gasteiger partial charge on any atom is -0.389 e. The Morgan fingerprint density at radius 3 is 2.05 bits per heavy atom. The van der Waals surface area contributed by atoms with Crippen LogP contribution in [0.2, 0.25) is 0 Å². The number of pyridine rings is 2. The van der Waals surface area contributed by atoms with Gasteiger partial charge in [-0.2, -0.15) is 22.0 Å². The van der Waals surface area contributed by atoms with E-state index in [2.05, 4.69) is 4.98 Å². The van der Waals surface area contributed by atoms with Gasteiger partial charge < -0.3 is 20.4 Å². The van der Waals surface area contributed by atoms with E-state index >= 15 is 4.39 Å². The van der Waals surface area contributed by atoms with E-state index in [1.165, 1.54) is 5.32 Å². The van der Waals surface area contributed by atoms with E-state index in [-0.39, 0.29) is 38.1 Å². The number of nitrogens with one attached hydrogen (secondary N) is 1. The molecule has 1 aliphatic carbocycles. The van der Waals surface area contributed by atoms with Gasteiger partial charge in [-0.3, -0.25) is 14.2 Å². The molecule has 0 bridgehead atoms. The number of carbonyl (C=O) groups is 1. The zero-order valence-electron chi connectivity index (χ0n) is 20.9. The van der Waals surface area contributed by atoms with Gasteiger partial charge in [-0.05, 0) is 24.8 Å². The summed E-state index contributed by atoms with van der Waals surface area (Å²) in [6.07, 6.45) is -8.53. The van der Waals surface area contributed by atoms with Crippen molar-refractivity contribution in [2.45, 2.75) is 43.2 Å². The lowest BCUT2D eigenvalue weighted by molar-refractivity contribution is -0.293. The number of amides is 1. The van der Waals surface area contributed by atoms with Gasteiger partial charge in [0.1, 0.15) is 23.1 Å². The van der Waals surface area contributed by atoms with E-state index in [4.69, 9.17) is 0 Å². The molecule has 1 saturated heterocycles. The van der Waals surface area contributed by atoms with Gasteiger partial charge in [-0.1, -0.05) is 0 Å². The Labute approximate surface area is 229 Å². The molecule has 3 N–H and O–H groups in total. The maximum absolute atomic E-state index is 15.2. The molecule has 0 spiro atoms. The molecule has 3 heterocycles. The van der Waals surface area contributed by atoms with Crippen LogP contribution in [-0.4, -0.2) is 69.1 Å². The highest BCUT2D eigenvalue weighted by Crippen LogP contribution is 2.46. The van der Waals surface area contributed by atoms with Gasteiger partial charge in [0.05, 0.1) is 17.6 Å². The number of nitrogens with zero attached hydrogens (tertiary/aromatic N) is 3. The molecule has 1 unspecified atom stereocenters. The van der Waals surface area contributed by atoms with Gasteiger partial charge in [0.15, 0.2) is 28.9 Å². The maximum atomic E-state index is 15.2. The summed E-state index contributed by atoms with van der Waals surface area (Å²) in [5, 5.41) is 20.3. The maximum Gasteiger partial charge on any atom is 0.455 e. The van der Waals surface area contributed by atoms with Crippen LogP contribution in [0.4, 0.5) is 45.3 Å². The third kappa shape index (κ3) is 5.04. The molecule has 3 atom stereocenters. The molecule has 3 aromatic rings. The Morgan fingerprint density at radius 1 is 0.952 bits per heavy atom. The molecule has 2 aliphatic rings. The standard InChI is InChI=1S/C25H19F9N4O4/c26-10-3-13(27)18(14(28)4-10)38-6-12(23(42)35-20(9-1-2-9)24(30,31)25(32,33)34)19(41)11-5-15(29)22(36-21(11)38)37-7-16(39)17(40)8-37/h3-6,9,16-17,20,39-40H,1-2,7-8H2,(H,35,42)/t16-,17-,20?/m1/s1. The van der Waals surface area contributed by atoms with Crippen LogP contribution in [0, 0.1) is 29.2 Å². The summed E-state index contributed by atoms with van der Waals surface area (Å²) in [6, 6.07) is -1.88. The molecule has 5 rings (SSSR count). The summed E-state index contributed by atoms with van der Waals surface area (Å²) in [4.78, 5) is 31.2. The summed E-state index contributed by atoms with van der Waals surface area (Å²) in [5.41, 5.74) is -4.52. The molecule has 1 saturated carbocycles. The predicted octanol–water partition coefficient (Wildman–Crippen LogP) is 3.19. The summed E-state index contributed by atoms with van der Waals surface area (Å²) >= 11 is 0. The number of aromatic nitrogens is 2. The number of anilines is 1. The number of aliphatic hydroxyl groups excluding tert-OH is 2. The third-order valence-electron chi connectivity index (χ3n) is 7.09. The van der Waals surface area contributed by atoms with Gasteiger partial charge in [-0.25, -0.2) is 22.5 Å². The third-order valence-corrected chi connectivity index (χ3v) is 7.09. The Bertz CT molecular complexity index is 1610. The number of aliphatic hydroxyl groups is 2. The quantitative estimate of drug-likeness (QED) is 0.371. The largest absolute Gasteiger partial charge is 0.455 e. The van der Waals surface area contributed by atoms with Crippen molar-refractivity contribution < 1.29 is 54.5 Å². The average molecular weight is 610 g/mol. The smallest absolute Gasteiger partial charge is 0.389 e. The Balaban J connectivity index is 1.70. The van der Waals surface area contributed by atoms with Crippen LogP contribution in [0.3, 0.4) is 0 Å². The fourth-order valence-electron chi connectivity index (χ4n) is 4.80. The minimum absolute atomic E-state index is 0.0949. The van der Waals surface area contributed by atoms with E-state index < -0.39 is 99.0 Å². The van der Waals surface area contributed by atoms with E-state index in [0.717, 1.165) is 4.90 Å². The SMILES string of the molecule is O=C(NC(C1CC1)C(F)(F)C(F)(F)F)c1cn(-c2c(F)cc(F)cc2F)c2nc(N3C[C@@H](O)[C@H](O)C3)c(F)cc2c1=O. The normalized spacial score (nSPS) is 20.3. The first-order valence-electron chi connectivity index (χ1n) is 12.3. The molecule has 1 aromatic carbocycles. The first kappa shape index (κ1) is 29.6.